The lowest BCUT2D eigenvalue weighted by molar-refractivity contribution is -0.118. The highest BCUT2D eigenvalue weighted by molar-refractivity contribution is 6.31. The van der Waals surface area contributed by atoms with Gasteiger partial charge in [0.15, 0.2) is 17.3 Å². The minimum Gasteiger partial charge on any atom is -0.492 e. The van der Waals surface area contributed by atoms with Crippen molar-refractivity contribution in [2.45, 2.75) is 41.0 Å². The molecular formula is C28H32O4. The van der Waals surface area contributed by atoms with Crippen LogP contribution in [-0.2, 0) is 19.1 Å². The number of hydrogen-bond donors (Lipinski definition) is 0. The number of rotatable bonds is 5. The summed E-state index contributed by atoms with van der Waals surface area (Å²) in [6, 6.07) is 9.69. The van der Waals surface area contributed by atoms with Crippen molar-refractivity contribution in [3.8, 4) is 0 Å². The van der Waals surface area contributed by atoms with Gasteiger partial charge in [-0.25, -0.2) is 0 Å². The molecule has 168 valence electrons. The standard InChI is InChI=1S/C28H32O4/c1-27(2,3)17-28(4,5)22-14-19(13-21(25(22)29)18-11-9-8-10-12-18)20-15-23(31-6)26(30)24(16-20)32-7/h8-16H,17H2,1-7H3. The van der Waals surface area contributed by atoms with Crippen molar-refractivity contribution >= 4 is 17.1 Å². The summed E-state index contributed by atoms with van der Waals surface area (Å²) >= 11 is 0. The van der Waals surface area contributed by atoms with E-state index in [0.29, 0.717) is 5.57 Å². The van der Waals surface area contributed by atoms with Crippen molar-refractivity contribution in [1.82, 2.24) is 0 Å². The minimum absolute atomic E-state index is 0.0357. The maximum Gasteiger partial charge on any atom is 0.261 e. The van der Waals surface area contributed by atoms with Crippen LogP contribution in [0.4, 0.5) is 0 Å². The van der Waals surface area contributed by atoms with Crippen LogP contribution in [0.15, 0.2) is 82.9 Å². The summed E-state index contributed by atoms with van der Waals surface area (Å²) in [5.74, 6) is 0.161. The van der Waals surface area contributed by atoms with Crippen molar-refractivity contribution in [2.24, 2.45) is 10.8 Å². The molecule has 0 saturated carbocycles. The first-order chi connectivity index (χ1) is 15.0. The van der Waals surface area contributed by atoms with Crippen molar-refractivity contribution < 1.29 is 19.1 Å². The van der Waals surface area contributed by atoms with Gasteiger partial charge >= 0.3 is 0 Å². The fraction of sp³-hybridized carbons (Fsp3) is 0.357. The van der Waals surface area contributed by atoms with Crippen LogP contribution < -0.4 is 0 Å². The number of ketones is 2. The van der Waals surface area contributed by atoms with Crippen LogP contribution in [0.2, 0.25) is 0 Å². The third-order valence-corrected chi connectivity index (χ3v) is 5.67. The van der Waals surface area contributed by atoms with Gasteiger partial charge < -0.3 is 9.47 Å². The Kier molecular flexibility index (Phi) is 6.45. The average molecular weight is 433 g/mol. The molecule has 0 radical (unpaired) electrons. The highest BCUT2D eigenvalue weighted by atomic mass is 16.5. The number of hydrogen-bond acceptors (Lipinski definition) is 4. The van der Waals surface area contributed by atoms with Crippen LogP contribution in [-0.4, -0.2) is 25.8 Å². The minimum atomic E-state index is -0.346. The Labute approximate surface area is 191 Å². The number of allylic oxidation sites excluding steroid dienone is 8. The predicted molar refractivity (Wildman–Crippen MR) is 128 cm³/mol. The Morgan fingerprint density at radius 1 is 0.719 bits per heavy atom. The van der Waals surface area contributed by atoms with Crippen LogP contribution in [0.5, 0.6) is 0 Å². The van der Waals surface area contributed by atoms with Gasteiger partial charge in [0.2, 0.25) is 0 Å². The number of carbonyl (C=O) groups is 2. The van der Waals surface area contributed by atoms with Gasteiger partial charge in [-0.15, -0.1) is 0 Å². The zero-order valence-electron chi connectivity index (χ0n) is 20.0. The highest BCUT2D eigenvalue weighted by Crippen LogP contribution is 2.44. The molecule has 4 heteroatoms. The quantitative estimate of drug-likeness (QED) is 0.574. The topological polar surface area (TPSA) is 52.6 Å². The fourth-order valence-electron chi connectivity index (χ4n) is 4.60. The third kappa shape index (κ3) is 4.85. The van der Waals surface area contributed by atoms with Gasteiger partial charge in [-0.3, -0.25) is 9.59 Å². The zero-order chi connectivity index (χ0) is 23.7. The van der Waals surface area contributed by atoms with Crippen LogP contribution >= 0.6 is 0 Å². The summed E-state index contributed by atoms with van der Waals surface area (Å²) in [4.78, 5) is 26.1. The molecule has 1 aromatic carbocycles. The molecule has 2 aliphatic rings. The van der Waals surface area contributed by atoms with E-state index in [1.54, 1.807) is 12.2 Å². The monoisotopic (exact) mass is 432 g/mol. The second-order valence-corrected chi connectivity index (χ2v) is 10.1. The van der Waals surface area contributed by atoms with E-state index in [9.17, 15) is 9.59 Å². The van der Waals surface area contributed by atoms with Crippen LogP contribution in [0.1, 0.15) is 46.6 Å². The second-order valence-electron chi connectivity index (χ2n) is 10.1. The van der Waals surface area contributed by atoms with Crippen LogP contribution in [0, 0.1) is 10.8 Å². The third-order valence-electron chi connectivity index (χ3n) is 5.67. The number of benzene rings is 1. The normalized spacial score (nSPS) is 17.5. The zero-order valence-corrected chi connectivity index (χ0v) is 20.0. The summed E-state index contributed by atoms with van der Waals surface area (Å²) in [6.45, 7) is 10.8. The number of Topliss-reactive ketones (excluding diaryl/α,β-unsaturated/α-hetero) is 2. The van der Waals surface area contributed by atoms with E-state index in [1.807, 2.05) is 42.5 Å². The molecule has 32 heavy (non-hydrogen) atoms. The van der Waals surface area contributed by atoms with Gasteiger partial charge in [-0.05, 0) is 58.3 Å². The second kappa shape index (κ2) is 8.78. The van der Waals surface area contributed by atoms with E-state index in [0.717, 1.165) is 28.7 Å². The van der Waals surface area contributed by atoms with E-state index in [4.69, 9.17) is 9.47 Å². The van der Waals surface area contributed by atoms with E-state index in [1.165, 1.54) is 14.2 Å². The van der Waals surface area contributed by atoms with Crippen LogP contribution in [0.3, 0.4) is 0 Å². The van der Waals surface area contributed by atoms with Gasteiger partial charge in [-0.1, -0.05) is 65.0 Å². The molecule has 0 aliphatic heterocycles. The molecule has 3 rings (SSSR count). The Morgan fingerprint density at radius 2 is 1.25 bits per heavy atom. The van der Waals surface area contributed by atoms with Gasteiger partial charge in [-0.2, -0.15) is 0 Å². The molecule has 4 nitrogen and oxygen atoms in total. The molecule has 0 unspecified atom stereocenters. The fourth-order valence-corrected chi connectivity index (χ4v) is 4.60. The molecule has 1 aromatic rings. The molecule has 0 N–H and O–H groups in total. The lowest BCUT2D eigenvalue weighted by atomic mass is 9.68. The molecule has 0 atom stereocenters. The number of methoxy groups -OCH3 is 2. The van der Waals surface area contributed by atoms with E-state index < -0.39 is 0 Å². The molecule has 0 spiro atoms. The first-order valence-corrected chi connectivity index (χ1v) is 10.8. The summed E-state index contributed by atoms with van der Waals surface area (Å²) in [5.41, 5.74) is 3.58. The molecule has 0 bridgehead atoms. The number of ether oxygens (including phenoxy) is 2. The summed E-state index contributed by atoms with van der Waals surface area (Å²) in [5, 5.41) is 0. The van der Waals surface area contributed by atoms with Crippen molar-refractivity contribution in [2.75, 3.05) is 14.2 Å². The van der Waals surface area contributed by atoms with Gasteiger partial charge in [0.25, 0.3) is 5.78 Å². The molecule has 2 aliphatic carbocycles. The lowest BCUT2D eigenvalue weighted by Crippen LogP contribution is -2.29. The Bertz CT molecular complexity index is 1060. The number of carbonyl (C=O) groups excluding carboxylic acids is 2. The first-order valence-electron chi connectivity index (χ1n) is 10.8. The SMILES string of the molecule is COC1=CC(=C2C=C(c3ccccc3)C(=O)C(C(C)(C)CC(C)(C)C)=C2)C=C(OC)C1=O. The molecule has 0 heterocycles. The smallest absolute Gasteiger partial charge is 0.261 e. The van der Waals surface area contributed by atoms with Crippen LogP contribution in [0.25, 0.3) is 5.57 Å². The van der Waals surface area contributed by atoms with E-state index >= 15 is 0 Å². The largest absolute Gasteiger partial charge is 0.492 e. The van der Waals surface area contributed by atoms with Gasteiger partial charge in [0.05, 0.1) is 14.2 Å². The Hall–Kier alpha value is -3.14. The van der Waals surface area contributed by atoms with E-state index in [2.05, 4.69) is 34.6 Å². The van der Waals surface area contributed by atoms with Crippen molar-refractivity contribution in [3.63, 3.8) is 0 Å². The first kappa shape index (κ1) is 23.5. The molecule has 0 fully saturated rings. The van der Waals surface area contributed by atoms with Gasteiger partial charge in [0.1, 0.15) is 0 Å². The van der Waals surface area contributed by atoms with Gasteiger partial charge in [0, 0.05) is 11.1 Å². The summed E-state index contributed by atoms with van der Waals surface area (Å²) in [7, 11) is 2.93. The maximum absolute atomic E-state index is 13.7. The highest BCUT2D eigenvalue weighted by Gasteiger charge is 2.36. The maximum atomic E-state index is 13.7. The Morgan fingerprint density at radius 3 is 1.75 bits per heavy atom. The molecule has 0 saturated heterocycles. The molecule has 0 aromatic heterocycles. The lowest BCUT2D eigenvalue weighted by Gasteiger charge is -2.36. The average Bonchev–Trinajstić information content (AvgIpc) is 2.73. The van der Waals surface area contributed by atoms with Crippen molar-refractivity contribution in [1.29, 1.82) is 0 Å². The van der Waals surface area contributed by atoms with E-state index in [-0.39, 0.29) is 33.9 Å². The Balaban J connectivity index is 2.26. The molecular weight excluding hydrogens is 400 g/mol. The summed E-state index contributed by atoms with van der Waals surface area (Å²) in [6.07, 6.45) is 8.12. The predicted octanol–water partition coefficient (Wildman–Crippen LogP) is 5.98. The summed E-state index contributed by atoms with van der Waals surface area (Å²) < 4.78 is 10.6. The van der Waals surface area contributed by atoms with Crippen molar-refractivity contribution in [3.05, 3.63) is 88.4 Å². The molecule has 0 amide bonds.